The Morgan fingerprint density at radius 3 is 2.18 bits per heavy atom. The van der Waals surface area contributed by atoms with Crippen molar-refractivity contribution in [2.75, 3.05) is 13.1 Å². The third-order valence-corrected chi connectivity index (χ3v) is 5.93. The van der Waals surface area contributed by atoms with Gasteiger partial charge in [0.15, 0.2) is 0 Å². The van der Waals surface area contributed by atoms with Gasteiger partial charge in [0.2, 0.25) is 0 Å². The summed E-state index contributed by atoms with van der Waals surface area (Å²) in [7, 11) is 0. The number of rotatable bonds is 6. The minimum absolute atomic E-state index is 0.607. The van der Waals surface area contributed by atoms with E-state index >= 15 is 0 Å². The van der Waals surface area contributed by atoms with Crippen LogP contribution < -0.4 is 5.32 Å². The van der Waals surface area contributed by atoms with Gasteiger partial charge in [-0.25, -0.2) is 0 Å². The average Bonchev–Trinajstić information content (AvgIpc) is 2.75. The van der Waals surface area contributed by atoms with E-state index in [0.29, 0.717) is 6.04 Å². The van der Waals surface area contributed by atoms with Crippen molar-refractivity contribution in [1.82, 2.24) is 10.2 Å². The topological polar surface area (TPSA) is 15.3 Å². The largest absolute Gasteiger partial charge is 0.310 e. The number of nitrogens with zero attached hydrogens (tertiary/aromatic N) is 1. The molecule has 2 nitrogen and oxygen atoms in total. The predicted molar refractivity (Wildman–Crippen MR) is 118 cm³/mol. The molecule has 1 N–H and O–H groups in total. The highest BCUT2D eigenvalue weighted by atomic mass is 35.5. The number of halogens is 1. The molecular formula is C25H27ClN2. The molecule has 1 aliphatic rings. The van der Waals surface area contributed by atoms with Crippen LogP contribution in [0.1, 0.15) is 24.0 Å². The van der Waals surface area contributed by atoms with E-state index < -0.39 is 0 Å². The molecule has 4 rings (SSSR count). The van der Waals surface area contributed by atoms with Crippen LogP contribution >= 0.6 is 11.6 Å². The molecule has 3 aromatic rings. The fourth-order valence-corrected chi connectivity index (χ4v) is 4.23. The Morgan fingerprint density at radius 2 is 1.43 bits per heavy atom. The van der Waals surface area contributed by atoms with Crippen molar-refractivity contribution in [1.29, 1.82) is 0 Å². The fourth-order valence-electron chi connectivity index (χ4n) is 3.99. The molecule has 0 unspecified atom stereocenters. The highest BCUT2D eigenvalue weighted by Crippen LogP contribution is 2.31. The van der Waals surface area contributed by atoms with E-state index in [1.807, 2.05) is 12.1 Å². The summed E-state index contributed by atoms with van der Waals surface area (Å²) in [5, 5.41) is 4.54. The predicted octanol–water partition coefficient (Wildman–Crippen LogP) is 5.76. The minimum atomic E-state index is 0.607. The molecule has 1 heterocycles. The van der Waals surface area contributed by atoms with E-state index in [-0.39, 0.29) is 0 Å². The molecule has 0 spiro atoms. The van der Waals surface area contributed by atoms with E-state index in [0.717, 1.165) is 36.8 Å². The first kappa shape index (κ1) is 19.2. The van der Waals surface area contributed by atoms with Gasteiger partial charge in [-0.2, -0.15) is 0 Å². The van der Waals surface area contributed by atoms with E-state index in [1.54, 1.807) is 0 Å². The van der Waals surface area contributed by atoms with Gasteiger partial charge >= 0.3 is 0 Å². The van der Waals surface area contributed by atoms with Crippen LogP contribution in [-0.2, 0) is 13.1 Å². The zero-order valence-corrected chi connectivity index (χ0v) is 16.9. The Kier molecular flexibility index (Phi) is 6.43. The Bertz CT molecular complexity index is 886. The second-order valence-electron chi connectivity index (χ2n) is 7.55. The molecular weight excluding hydrogens is 364 g/mol. The molecule has 0 atom stereocenters. The Balaban J connectivity index is 1.35. The van der Waals surface area contributed by atoms with Crippen LogP contribution in [0.25, 0.3) is 11.1 Å². The quantitative estimate of drug-likeness (QED) is 0.575. The monoisotopic (exact) mass is 390 g/mol. The van der Waals surface area contributed by atoms with Crippen molar-refractivity contribution < 1.29 is 0 Å². The summed E-state index contributed by atoms with van der Waals surface area (Å²) in [5.74, 6) is 0. The molecule has 1 fully saturated rings. The number of likely N-dealkylation sites (tertiary alicyclic amines) is 1. The summed E-state index contributed by atoms with van der Waals surface area (Å²) >= 11 is 6.46. The zero-order chi connectivity index (χ0) is 19.2. The number of piperidine rings is 1. The maximum Gasteiger partial charge on any atom is 0.0484 e. The summed E-state index contributed by atoms with van der Waals surface area (Å²) < 4.78 is 0. The van der Waals surface area contributed by atoms with Crippen LogP contribution in [0.15, 0.2) is 78.9 Å². The van der Waals surface area contributed by atoms with Gasteiger partial charge in [0.05, 0.1) is 0 Å². The van der Waals surface area contributed by atoms with Crippen molar-refractivity contribution in [2.45, 2.75) is 32.0 Å². The first-order chi connectivity index (χ1) is 13.8. The van der Waals surface area contributed by atoms with Gasteiger partial charge in [0.1, 0.15) is 0 Å². The van der Waals surface area contributed by atoms with Crippen LogP contribution in [0, 0.1) is 0 Å². The molecule has 0 amide bonds. The molecule has 0 aliphatic carbocycles. The van der Waals surface area contributed by atoms with Crippen molar-refractivity contribution in [3.63, 3.8) is 0 Å². The van der Waals surface area contributed by atoms with Crippen LogP contribution in [0.3, 0.4) is 0 Å². The highest BCUT2D eigenvalue weighted by Gasteiger charge is 2.20. The van der Waals surface area contributed by atoms with Crippen LogP contribution in [0.2, 0.25) is 5.02 Å². The molecule has 0 aromatic heterocycles. The summed E-state index contributed by atoms with van der Waals surface area (Å²) in [6.07, 6.45) is 2.39. The molecule has 1 aliphatic heterocycles. The van der Waals surface area contributed by atoms with E-state index in [1.165, 1.54) is 29.5 Å². The normalized spacial score (nSPS) is 15.6. The standard InChI is InChI=1S/C25H27ClN2/c26-25-13-7-6-12-24(25)23-11-5-4-10-21(23)19-28-16-14-22(15-17-28)27-18-20-8-2-1-3-9-20/h1-13,22,27H,14-19H2. The molecule has 28 heavy (non-hydrogen) atoms. The lowest BCUT2D eigenvalue weighted by Gasteiger charge is -2.33. The first-order valence-electron chi connectivity index (χ1n) is 10.1. The van der Waals surface area contributed by atoms with E-state index in [9.17, 15) is 0 Å². The van der Waals surface area contributed by atoms with Gasteiger partial charge in [0, 0.05) is 29.7 Å². The number of benzene rings is 3. The SMILES string of the molecule is Clc1ccccc1-c1ccccc1CN1CCC(NCc2ccccc2)CC1. The van der Waals surface area contributed by atoms with Gasteiger partial charge in [-0.1, -0.05) is 84.4 Å². The lowest BCUT2D eigenvalue weighted by Crippen LogP contribution is -2.41. The van der Waals surface area contributed by atoms with Crippen molar-refractivity contribution in [3.8, 4) is 11.1 Å². The van der Waals surface area contributed by atoms with Gasteiger partial charge in [-0.05, 0) is 48.7 Å². The Morgan fingerprint density at radius 1 is 0.786 bits per heavy atom. The van der Waals surface area contributed by atoms with Crippen molar-refractivity contribution >= 4 is 11.6 Å². The smallest absolute Gasteiger partial charge is 0.0484 e. The van der Waals surface area contributed by atoms with Gasteiger partial charge in [0.25, 0.3) is 0 Å². The summed E-state index contributed by atoms with van der Waals surface area (Å²) in [5.41, 5.74) is 5.08. The number of nitrogens with one attached hydrogen (secondary N) is 1. The second kappa shape index (κ2) is 9.38. The zero-order valence-electron chi connectivity index (χ0n) is 16.2. The molecule has 144 valence electrons. The third kappa shape index (κ3) is 4.82. The first-order valence-corrected chi connectivity index (χ1v) is 10.5. The maximum atomic E-state index is 6.46. The summed E-state index contributed by atoms with van der Waals surface area (Å²) in [6.45, 7) is 4.19. The maximum absolute atomic E-state index is 6.46. The lowest BCUT2D eigenvalue weighted by molar-refractivity contribution is 0.190. The van der Waals surface area contributed by atoms with Crippen LogP contribution in [0.5, 0.6) is 0 Å². The molecule has 1 saturated heterocycles. The molecule has 0 saturated carbocycles. The lowest BCUT2D eigenvalue weighted by atomic mass is 9.98. The third-order valence-electron chi connectivity index (χ3n) is 5.60. The summed E-state index contributed by atoms with van der Waals surface area (Å²) in [4.78, 5) is 2.57. The molecule has 0 radical (unpaired) electrons. The highest BCUT2D eigenvalue weighted by molar-refractivity contribution is 6.33. The van der Waals surface area contributed by atoms with Crippen molar-refractivity contribution in [2.24, 2.45) is 0 Å². The fraction of sp³-hybridized carbons (Fsp3) is 0.280. The Hall–Kier alpha value is -2.13. The minimum Gasteiger partial charge on any atom is -0.310 e. The Labute approximate surface area is 173 Å². The van der Waals surface area contributed by atoms with E-state index in [2.05, 4.69) is 76.9 Å². The average molecular weight is 391 g/mol. The molecule has 3 heteroatoms. The van der Waals surface area contributed by atoms with Crippen LogP contribution in [0.4, 0.5) is 0 Å². The van der Waals surface area contributed by atoms with Gasteiger partial charge in [-0.15, -0.1) is 0 Å². The number of hydrogen-bond donors (Lipinski definition) is 1. The number of hydrogen-bond acceptors (Lipinski definition) is 2. The van der Waals surface area contributed by atoms with Gasteiger partial charge in [-0.3, -0.25) is 4.90 Å². The molecule has 3 aromatic carbocycles. The summed E-state index contributed by atoms with van der Waals surface area (Å²) in [6, 6.07) is 28.0. The van der Waals surface area contributed by atoms with Crippen molar-refractivity contribution in [3.05, 3.63) is 95.0 Å². The molecule has 0 bridgehead atoms. The van der Waals surface area contributed by atoms with E-state index in [4.69, 9.17) is 11.6 Å². The second-order valence-corrected chi connectivity index (χ2v) is 7.96. The van der Waals surface area contributed by atoms with Crippen LogP contribution in [-0.4, -0.2) is 24.0 Å². The van der Waals surface area contributed by atoms with Gasteiger partial charge < -0.3 is 5.32 Å².